The van der Waals surface area contributed by atoms with Crippen LogP contribution in [0.3, 0.4) is 0 Å². The number of halogens is 1. The fourth-order valence-corrected chi connectivity index (χ4v) is 9.42. The van der Waals surface area contributed by atoms with Gasteiger partial charge in [-0.1, -0.05) is 29.8 Å². The average Bonchev–Trinajstić information content (AvgIpc) is 3.03. The van der Waals surface area contributed by atoms with Crippen LogP contribution in [0.1, 0.15) is 79.6 Å². The summed E-state index contributed by atoms with van der Waals surface area (Å²) >= 11 is 3.88. The fraction of sp³-hybridized carbons (Fsp3) is 0.880. The Kier molecular flexibility index (Phi) is 6.11. The molecule has 6 heteroatoms. The molecule has 0 radical (unpaired) electrons. The van der Waals surface area contributed by atoms with E-state index in [2.05, 4.69) is 29.8 Å². The van der Waals surface area contributed by atoms with Crippen molar-refractivity contribution in [2.75, 3.05) is 0 Å². The number of hydrogen-bond acceptors (Lipinski definition) is 5. The van der Waals surface area contributed by atoms with E-state index in [1.54, 1.807) is 0 Å². The molecule has 0 spiro atoms. The van der Waals surface area contributed by atoms with Gasteiger partial charge >= 0.3 is 11.9 Å². The SMILES string of the molecule is CC(=O)O[C@@H]1CC[C@@]2(C)[C@@H](CC[C@@H]3[C@H]2C(=O)[C@H](Br)[C@@]2(C)[C@H]3CC[C@H]2[C@H](C)OC(C)=O)C1. The number of carbonyl (C=O) groups excluding carboxylic acids is 3. The van der Waals surface area contributed by atoms with Gasteiger partial charge in [0, 0.05) is 25.7 Å². The van der Waals surface area contributed by atoms with Crippen molar-refractivity contribution in [1.29, 1.82) is 0 Å². The summed E-state index contributed by atoms with van der Waals surface area (Å²) in [4.78, 5) is 36.9. The minimum Gasteiger partial charge on any atom is -0.463 e. The van der Waals surface area contributed by atoms with Crippen LogP contribution in [0.2, 0.25) is 0 Å². The maximum atomic E-state index is 14.0. The molecule has 4 rings (SSSR count). The van der Waals surface area contributed by atoms with Crippen molar-refractivity contribution in [3.8, 4) is 0 Å². The third-order valence-corrected chi connectivity index (χ3v) is 11.2. The van der Waals surface area contributed by atoms with Crippen LogP contribution in [0, 0.1) is 40.4 Å². The van der Waals surface area contributed by atoms with Gasteiger partial charge in [-0.25, -0.2) is 0 Å². The first kappa shape index (κ1) is 23.3. The summed E-state index contributed by atoms with van der Waals surface area (Å²) in [6.07, 6.45) is 6.77. The average molecular weight is 497 g/mol. The fourth-order valence-electron chi connectivity index (χ4n) is 8.45. The zero-order valence-corrected chi connectivity index (χ0v) is 21.1. The van der Waals surface area contributed by atoms with Crippen molar-refractivity contribution in [3.05, 3.63) is 0 Å². The second kappa shape index (κ2) is 8.14. The molecule has 0 aromatic rings. The van der Waals surface area contributed by atoms with E-state index < -0.39 is 0 Å². The monoisotopic (exact) mass is 496 g/mol. The number of rotatable bonds is 3. The van der Waals surface area contributed by atoms with Gasteiger partial charge in [0.15, 0.2) is 5.78 Å². The Morgan fingerprint density at radius 1 is 1.06 bits per heavy atom. The maximum Gasteiger partial charge on any atom is 0.302 e. The summed E-state index contributed by atoms with van der Waals surface area (Å²) in [5.41, 5.74) is -0.213. The molecule has 31 heavy (non-hydrogen) atoms. The van der Waals surface area contributed by atoms with E-state index in [0.717, 1.165) is 44.9 Å². The molecule has 4 aliphatic rings. The van der Waals surface area contributed by atoms with Gasteiger partial charge in [-0.3, -0.25) is 14.4 Å². The zero-order valence-electron chi connectivity index (χ0n) is 19.5. The van der Waals surface area contributed by atoms with E-state index >= 15 is 0 Å². The smallest absolute Gasteiger partial charge is 0.302 e. The van der Waals surface area contributed by atoms with Gasteiger partial charge in [0.2, 0.25) is 0 Å². The van der Waals surface area contributed by atoms with Crippen molar-refractivity contribution >= 4 is 33.7 Å². The van der Waals surface area contributed by atoms with Crippen molar-refractivity contribution < 1.29 is 23.9 Å². The van der Waals surface area contributed by atoms with Gasteiger partial charge in [-0.15, -0.1) is 0 Å². The molecule has 0 aromatic carbocycles. The lowest BCUT2D eigenvalue weighted by atomic mass is 9.44. The summed E-state index contributed by atoms with van der Waals surface area (Å²) in [7, 11) is 0. The molecule has 4 saturated carbocycles. The van der Waals surface area contributed by atoms with Crippen LogP contribution < -0.4 is 0 Å². The molecule has 0 aromatic heterocycles. The Bertz CT molecular complexity index is 767. The minimum atomic E-state index is -0.247. The maximum absolute atomic E-state index is 14.0. The Labute approximate surface area is 194 Å². The summed E-state index contributed by atoms with van der Waals surface area (Å²) in [6, 6.07) is 0. The third kappa shape index (κ3) is 3.59. The Morgan fingerprint density at radius 3 is 2.42 bits per heavy atom. The zero-order chi connectivity index (χ0) is 22.7. The van der Waals surface area contributed by atoms with Crippen LogP contribution in [0.4, 0.5) is 0 Å². The van der Waals surface area contributed by atoms with E-state index in [1.165, 1.54) is 13.8 Å². The van der Waals surface area contributed by atoms with E-state index in [4.69, 9.17) is 9.47 Å². The largest absolute Gasteiger partial charge is 0.463 e. The molecular formula is C25H37BrO5. The highest BCUT2D eigenvalue weighted by atomic mass is 79.9. The molecule has 0 saturated heterocycles. The molecule has 0 heterocycles. The van der Waals surface area contributed by atoms with Gasteiger partial charge in [0.1, 0.15) is 12.2 Å². The second-order valence-electron chi connectivity index (χ2n) is 11.2. The lowest BCUT2D eigenvalue weighted by Gasteiger charge is -2.61. The second-order valence-corrected chi connectivity index (χ2v) is 12.1. The van der Waals surface area contributed by atoms with E-state index in [-0.39, 0.29) is 51.6 Å². The Balaban J connectivity index is 1.61. The lowest BCUT2D eigenvalue weighted by molar-refractivity contribution is -0.170. The lowest BCUT2D eigenvalue weighted by Crippen LogP contribution is -2.62. The first-order chi connectivity index (χ1) is 14.5. The van der Waals surface area contributed by atoms with Gasteiger partial charge in [0.05, 0.1) is 4.83 Å². The number of hydrogen-bond donors (Lipinski definition) is 0. The molecule has 0 amide bonds. The minimum absolute atomic E-state index is 0.00343. The van der Waals surface area contributed by atoms with Gasteiger partial charge in [-0.05, 0) is 80.5 Å². The van der Waals surface area contributed by atoms with Crippen LogP contribution in [-0.2, 0) is 23.9 Å². The molecule has 5 nitrogen and oxygen atoms in total. The summed E-state index contributed by atoms with van der Waals surface area (Å²) in [6.45, 7) is 9.53. The molecule has 0 N–H and O–H groups in total. The van der Waals surface area contributed by atoms with Gasteiger partial charge in [-0.2, -0.15) is 0 Å². The van der Waals surface area contributed by atoms with Crippen molar-refractivity contribution in [1.82, 2.24) is 0 Å². The molecule has 10 atom stereocenters. The molecule has 0 aliphatic heterocycles. The van der Waals surface area contributed by atoms with Crippen LogP contribution >= 0.6 is 15.9 Å². The Morgan fingerprint density at radius 2 is 1.77 bits per heavy atom. The predicted molar refractivity (Wildman–Crippen MR) is 120 cm³/mol. The van der Waals surface area contributed by atoms with E-state index in [9.17, 15) is 14.4 Å². The van der Waals surface area contributed by atoms with Crippen LogP contribution in [0.25, 0.3) is 0 Å². The molecular weight excluding hydrogens is 460 g/mol. The topological polar surface area (TPSA) is 69.7 Å². The van der Waals surface area contributed by atoms with Crippen molar-refractivity contribution in [2.24, 2.45) is 40.4 Å². The number of ketones is 1. The molecule has 4 fully saturated rings. The number of Topliss-reactive ketones (excluding diaryl/α,β-unsaturated/α-hetero) is 1. The quantitative estimate of drug-likeness (QED) is 0.402. The molecule has 0 unspecified atom stereocenters. The highest BCUT2D eigenvalue weighted by Crippen LogP contribution is 2.68. The standard InChI is InChI=1S/C25H37BrO5/c1-13(30-14(2)27)19-8-9-20-18-7-6-16-12-17(31-15(3)28)10-11-24(16,4)21(18)22(29)23(26)25(19,20)5/h13,16-21,23H,6-12H2,1-5H3/t13-,16-,17+,18-,19-,20-,21-,23-,24-,25+/m0/s1. The molecule has 174 valence electrons. The number of fused-ring (bicyclic) bond motifs is 5. The number of esters is 2. The van der Waals surface area contributed by atoms with Crippen molar-refractivity contribution in [2.45, 2.75) is 96.6 Å². The van der Waals surface area contributed by atoms with Gasteiger partial charge in [0.25, 0.3) is 0 Å². The predicted octanol–water partition coefficient (Wildman–Crippen LogP) is 5.08. The number of alkyl halides is 1. The first-order valence-corrected chi connectivity index (χ1v) is 12.9. The van der Waals surface area contributed by atoms with Crippen molar-refractivity contribution in [3.63, 3.8) is 0 Å². The Hall–Kier alpha value is -0.910. The van der Waals surface area contributed by atoms with Gasteiger partial charge < -0.3 is 9.47 Å². The third-order valence-electron chi connectivity index (χ3n) is 9.73. The van der Waals surface area contributed by atoms with Crippen LogP contribution in [-0.4, -0.2) is 34.8 Å². The normalized spacial score (nSPS) is 47.5. The number of carbonyl (C=O) groups is 3. The molecule has 4 aliphatic carbocycles. The highest BCUT2D eigenvalue weighted by Gasteiger charge is 2.67. The van der Waals surface area contributed by atoms with Crippen LogP contribution in [0.15, 0.2) is 0 Å². The highest BCUT2D eigenvalue weighted by molar-refractivity contribution is 9.10. The molecule has 0 bridgehead atoms. The summed E-state index contributed by atoms with van der Waals surface area (Å²) in [5, 5.41) is 0. The van der Waals surface area contributed by atoms with E-state index in [0.29, 0.717) is 23.5 Å². The van der Waals surface area contributed by atoms with Crippen LogP contribution in [0.5, 0.6) is 0 Å². The summed E-state index contributed by atoms with van der Waals surface area (Å²) < 4.78 is 11.2. The summed E-state index contributed by atoms with van der Waals surface area (Å²) in [5.74, 6) is 1.45. The number of ether oxygens (including phenoxy) is 2. The first-order valence-electron chi connectivity index (χ1n) is 12.0. The van der Waals surface area contributed by atoms with E-state index in [1.807, 2.05) is 6.92 Å².